The van der Waals surface area contributed by atoms with Crippen LogP contribution in [0, 0.1) is 0 Å². The van der Waals surface area contributed by atoms with Gasteiger partial charge in [0.05, 0.1) is 10.6 Å². The zero-order valence-electron chi connectivity index (χ0n) is 13.6. The van der Waals surface area contributed by atoms with E-state index in [1.165, 1.54) is 9.75 Å². The summed E-state index contributed by atoms with van der Waals surface area (Å²) < 4.78 is 1.61. The number of nitrogens with zero attached hydrogens (tertiary/aromatic N) is 4. The number of nitrogens with one attached hydrogen (secondary N) is 1. The third kappa shape index (κ3) is 2.98. The molecule has 0 unspecified atom stereocenters. The molecule has 3 aromatic heterocycles. The highest BCUT2D eigenvalue weighted by atomic mass is 32.1. The Morgan fingerprint density at radius 2 is 2.12 bits per heavy atom. The Bertz CT molecular complexity index is 832. The maximum Gasteiger partial charge on any atom is 0.331 e. The van der Waals surface area contributed by atoms with Gasteiger partial charge in [-0.2, -0.15) is 10.2 Å². The van der Waals surface area contributed by atoms with Gasteiger partial charge in [0.2, 0.25) is 0 Å². The number of aromatic nitrogens is 4. The minimum Gasteiger partial charge on any atom is -0.479 e. The summed E-state index contributed by atoms with van der Waals surface area (Å²) in [6, 6.07) is 7.97. The van der Waals surface area contributed by atoms with Gasteiger partial charge in [-0.1, -0.05) is 0 Å². The van der Waals surface area contributed by atoms with E-state index in [1.54, 1.807) is 40.7 Å². The van der Waals surface area contributed by atoms with Crippen LogP contribution in [0.4, 0.5) is 0 Å². The van der Waals surface area contributed by atoms with Crippen molar-refractivity contribution in [3.05, 3.63) is 47.7 Å². The number of carbonyl (C=O) groups is 1. The molecular formula is C17H19N5O2S. The van der Waals surface area contributed by atoms with Gasteiger partial charge in [0, 0.05) is 43.1 Å². The lowest BCUT2D eigenvalue weighted by molar-refractivity contribution is -0.151. The summed E-state index contributed by atoms with van der Waals surface area (Å²) >= 11 is 1.74. The van der Waals surface area contributed by atoms with E-state index in [2.05, 4.69) is 32.3 Å². The monoisotopic (exact) mass is 357 g/mol. The van der Waals surface area contributed by atoms with Gasteiger partial charge in [-0.05, 0) is 37.1 Å². The molecule has 0 atom stereocenters. The molecule has 4 heterocycles. The lowest BCUT2D eigenvalue weighted by Gasteiger charge is -2.38. The van der Waals surface area contributed by atoms with Crippen molar-refractivity contribution in [2.24, 2.45) is 0 Å². The van der Waals surface area contributed by atoms with E-state index in [9.17, 15) is 9.90 Å². The van der Waals surface area contributed by atoms with Crippen molar-refractivity contribution in [2.75, 3.05) is 13.1 Å². The zero-order valence-corrected chi connectivity index (χ0v) is 14.4. The largest absolute Gasteiger partial charge is 0.479 e. The second kappa shape index (κ2) is 6.45. The molecule has 7 nitrogen and oxygen atoms in total. The summed E-state index contributed by atoms with van der Waals surface area (Å²) in [4.78, 5) is 16.6. The van der Waals surface area contributed by atoms with E-state index in [0.717, 1.165) is 25.3 Å². The van der Waals surface area contributed by atoms with Gasteiger partial charge in [-0.15, -0.1) is 11.3 Å². The summed E-state index contributed by atoms with van der Waals surface area (Å²) in [5.41, 5.74) is 0.106. The van der Waals surface area contributed by atoms with E-state index in [1.807, 2.05) is 6.07 Å². The Balaban J connectivity index is 1.43. The molecule has 1 saturated heterocycles. The van der Waals surface area contributed by atoms with Gasteiger partial charge in [0.1, 0.15) is 0 Å². The predicted octanol–water partition coefficient (Wildman–Crippen LogP) is 2.41. The maximum absolute atomic E-state index is 11.9. The highest BCUT2D eigenvalue weighted by molar-refractivity contribution is 7.15. The first-order valence-corrected chi connectivity index (χ1v) is 9.03. The molecule has 0 bridgehead atoms. The number of piperidine rings is 1. The summed E-state index contributed by atoms with van der Waals surface area (Å²) in [7, 11) is 0. The van der Waals surface area contributed by atoms with Crippen LogP contribution in [0.3, 0.4) is 0 Å². The number of hydrogen-bond acceptors (Lipinski definition) is 5. The molecule has 1 aliphatic heterocycles. The average molecular weight is 357 g/mol. The highest BCUT2D eigenvalue weighted by Crippen LogP contribution is 2.32. The van der Waals surface area contributed by atoms with E-state index >= 15 is 0 Å². The number of H-pyrrole nitrogens is 1. The first kappa shape index (κ1) is 16.0. The van der Waals surface area contributed by atoms with Gasteiger partial charge in [-0.25, -0.2) is 4.79 Å². The first-order valence-electron chi connectivity index (χ1n) is 8.22. The van der Waals surface area contributed by atoms with Crippen LogP contribution >= 0.6 is 11.3 Å². The molecule has 2 N–H and O–H groups in total. The average Bonchev–Trinajstić information content (AvgIpc) is 3.37. The number of aromatic amines is 1. The van der Waals surface area contributed by atoms with Crippen LogP contribution in [0.2, 0.25) is 0 Å². The van der Waals surface area contributed by atoms with Crippen molar-refractivity contribution >= 4 is 17.3 Å². The van der Waals surface area contributed by atoms with E-state index in [0.29, 0.717) is 12.8 Å². The molecule has 0 aromatic carbocycles. The van der Waals surface area contributed by atoms with E-state index < -0.39 is 11.5 Å². The first-order chi connectivity index (χ1) is 12.2. The van der Waals surface area contributed by atoms with E-state index in [4.69, 9.17) is 0 Å². The van der Waals surface area contributed by atoms with Gasteiger partial charge in [-0.3, -0.25) is 14.7 Å². The molecule has 25 heavy (non-hydrogen) atoms. The van der Waals surface area contributed by atoms with E-state index in [-0.39, 0.29) is 0 Å². The van der Waals surface area contributed by atoms with Crippen LogP contribution in [0.25, 0.3) is 10.6 Å². The normalized spacial score (nSPS) is 17.6. The number of likely N-dealkylation sites (tertiary alicyclic amines) is 1. The van der Waals surface area contributed by atoms with Crippen LogP contribution in [0.1, 0.15) is 17.7 Å². The smallest absolute Gasteiger partial charge is 0.331 e. The van der Waals surface area contributed by atoms with Crippen LogP contribution in [0.5, 0.6) is 0 Å². The molecule has 0 spiro atoms. The standard InChI is InChI=1S/C17H19N5O2S/c23-16(24)17(22-9-1-7-19-22)5-10-21(11-6-17)12-13-2-3-15(25-13)14-4-8-18-20-14/h1-4,7-9H,5-6,10-12H2,(H,18,20)(H,23,24). The molecule has 8 heteroatoms. The number of aliphatic carboxylic acids is 1. The molecule has 0 radical (unpaired) electrons. The minimum absolute atomic E-state index is 0.558. The van der Waals surface area contributed by atoms with Gasteiger partial charge in [0.25, 0.3) is 0 Å². The fraction of sp³-hybridized carbons (Fsp3) is 0.353. The van der Waals surface area contributed by atoms with Crippen molar-refractivity contribution in [3.63, 3.8) is 0 Å². The van der Waals surface area contributed by atoms with Gasteiger partial charge < -0.3 is 5.11 Å². The summed E-state index contributed by atoms with van der Waals surface area (Å²) in [6.45, 7) is 2.32. The van der Waals surface area contributed by atoms with Crippen LogP contribution < -0.4 is 0 Å². The Morgan fingerprint density at radius 1 is 1.28 bits per heavy atom. The van der Waals surface area contributed by atoms with Crippen LogP contribution in [0.15, 0.2) is 42.9 Å². The fourth-order valence-corrected chi connectivity index (χ4v) is 4.39. The fourth-order valence-electron chi connectivity index (χ4n) is 3.37. The summed E-state index contributed by atoms with van der Waals surface area (Å²) in [6.07, 6.45) is 6.26. The van der Waals surface area contributed by atoms with Crippen molar-refractivity contribution < 1.29 is 9.90 Å². The molecule has 1 fully saturated rings. The molecular weight excluding hydrogens is 338 g/mol. The molecule has 0 aliphatic carbocycles. The second-order valence-electron chi connectivity index (χ2n) is 6.30. The molecule has 1 aliphatic rings. The zero-order chi connectivity index (χ0) is 17.3. The van der Waals surface area contributed by atoms with Crippen molar-refractivity contribution in [3.8, 4) is 10.6 Å². The summed E-state index contributed by atoms with van der Waals surface area (Å²) in [5, 5.41) is 20.9. The third-order valence-corrected chi connectivity index (χ3v) is 5.93. The topological polar surface area (TPSA) is 87.0 Å². The quantitative estimate of drug-likeness (QED) is 0.732. The van der Waals surface area contributed by atoms with Gasteiger partial charge >= 0.3 is 5.97 Å². The number of thiophene rings is 1. The Hall–Kier alpha value is -2.45. The number of hydrogen-bond donors (Lipinski definition) is 2. The second-order valence-corrected chi connectivity index (χ2v) is 7.47. The number of carboxylic acid groups (broad SMARTS) is 1. The molecule has 130 valence electrons. The molecule has 4 rings (SSSR count). The van der Waals surface area contributed by atoms with Crippen molar-refractivity contribution in [1.29, 1.82) is 0 Å². The van der Waals surface area contributed by atoms with Gasteiger partial charge in [0.15, 0.2) is 5.54 Å². The molecule has 0 amide bonds. The third-order valence-electron chi connectivity index (χ3n) is 4.83. The lowest BCUT2D eigenvalue weighted by atomic mass is 9.87. The molecule has 0 saturated carbocycles. The SMILES string of the molecule is O=C(O)C1(n2cccn2)CCN(Cc2ccc(-c3ccn[nH]3)s2)CC1. The predicted molar refractivity (Wildman–Crippen MR) is 94.2 cm³/mol. The maximum atomic E-state index is 11.9. The highest BCUT2D eigenvalue weighted by Gasteiger charge is 2.43. The van der Waals surface area contributed by atoms with Crippen LogP contribution in [-0.4, -0.2) is 49.0 Å². The molecule has 3 aromatic rings. The number of rotatable bonds is 5. The summed E-state index contributed by atoms with van der Waals surface area (Å²) in [5.74, 6) is -0.798. The van der Waals surface area contributed by atoms with Crippen LogP contribution in [-0.2, 0) is 16.9 Å². The lowest BCUT2D eigenvalue weighted by Crippen LogP contribution is -2.51. The Morgan fingerprint density at radius 3 is 2.76 bits per heavy atom. The number of carboxylic acids is 1. The minimum atomic E-state index is -0.920. The Kier molecular flexibility index (Phi) is 4.14. The van der Waals surface area contributed by atoms with Crippen molar-refractivity contribution in [2.45, 2.75) is 24.9 Å². The van der Waals surface area contributed by atoms with Crippen molar-refractivity contribution in [1.82, 2.24) is 24.9 Å². The Labute approximate surface area is 148 Å².